The molecule has 0 fully saturated rings. The van der Waals surface area contributed by atoms with Gasteiger partial charge < -0.3 is 4.98 Å². The first-order valence-electron chi connectivity index (χ1n) is 16.9. The van der Waals surface area contributed by atoms with Crippen molar-refractivity contribution in [2.75, 3.05) is 0 Å². The largest absolute Gasteiger partial charge is 0.361 e. The van der Waals surface area contributed by atoms with E-state index in [4.69, 9.17) is 0 Å². The first kappa shape index (κ1) is 27.7. The minimum absolute atomic E-state index is 1.14. The molecule has 0 amide bonds. The number of nitrogens with one attached hydrogen (secondary N) is 1. The molecule has 0 atom stereocenters. The number of H-pyrrole nitrogens is 1. The van der Waals surface area contributed by atoms with Gasteiger partial charge in [-0.2, -0.15) is 0 Å². The highest BCUT2D eigenvalue weighted by atomic mass is 14.7. The van der Waals surface area contributed by atoms with Crippen molar-refractivity contribution in [1.82, 2.24) is 4.98 Å². The number of aromatic nitrogens is 1. The van der Waals surface area contributed by atoms with Crippen molar-refractivity contribution in [3.05, 3.63) is 182 Å². The zero-order valence-corrected chi connectivity index (χ0v) is 26.8. The molecule has 228 valence electrons. The smallest absolute Gasteiger partial charge is 0.0460 e. The highest BCUT2D eigenvalue weighted by Crippen LogP contribution is 2.39. The van der Waals surface area contributed by atoms with Crippen LogP contribution in [0.25, 0.3) is 98.5 Å². The molecular weight excluding hydrogens is 591 g/mol. The molecule has 0 aliphatic carbocycles. The van der Waals surface area contributed by atoms with Crippen LogP contribution in [-0.2, 0) is 0 Å². The van der Waals surface area contributed by atoms with Gasteiger partial charge >= 0.3 is 0 Å². The first-order chi connectivity index (χ1) is 24.3. The van der Waals surface area contributed by atoms with E-state index in [1.165, 1.54) is 93.0 Å². The van der Waals surface area contributed by atoms with Gasteiger partial charge in [-0.3, -0.25) is 0 Å². The summed E-state index contributed by atoms with van der Waals surface area (Å²) in [6, 6.07) is 64.4. The molecule has 9 aromatic carbocycles. The lowest BCUT2D eigenvalue weighted by molar-refractivity contribution is 1.47. The minimum atomic E-state index is 1.14. The second kappa shape index (κ2) is 11.1. The lowest BCUT2D eigenvalue weighted by Gasteiger charge is -2.12. The minimum Gasteiger partial charge on any atom is -0.361 e. The number of fused-ring (bicyclic) bond motifs is 7. The lowest BCUT2D eigenvalue weighted by atomic mass is 9.92. The lowest BCUT2D eigenvalue weighted by Crippen LogP contribution is -1.86. The molecule has 1 nitrogen and oxygen atoms in total. The van der Waals surface area contributed by atoms with E-state index in [2.05, 4.69) is 187 Å². The fourth-order valence-electron chi connectivity index (χ4n) is 7.80. The van der Waals surface area contributed by atoms with Gasteiger partial charge in [0.1, 0.15) is 0 Å². The Morgan fingerprint density at radius 3 is 1.20 bits per heavy atom. The maximum Gasteiger partial charge on any atom is 0.0460 e. The molecule has 10 rings (SSSR count). The molecule has 1 heterocycles. The summed E-state index contributed by atoms with van der Waals surface area (Å²) >= 11 is 0. The van der Waals surface area contributed by atoms with Gasteiger partial charge in [0.15, 0.2) is 0 Å². The molecule has 0 radical (unpaired) electrons. The Labute approximate surface area is 284 Å². The van der Waals surface area contributed by atoms with Gasteiger partial charge in [0.25, 0.3) is 0 Å². The molecule has 0 saturated heterocycles. The van der Waals surface area contributed by atoms with Crippen molar-refractivity contribution < 1.29 is 0 Å². The summed E-state index contributed by atoms with van der Waals surface area (Å²) in [6.07, 6.45) is 2.14. The Kier molecular flexibility index (Phi) is 6.25. The van der Waals surface area contributed by atoms with E-state index in [-0.39, 0.29) is 0 Å². The van der Waals surface area contributed by atoms with Gasteiger partial charge in [0.2, 0.25) is 0 Å². The molecule has 0 spiro atoms. The summed E-state index contributed by atoms with van der Waals surface area (Å²) in [5.74, 6) is 0. The van der Waals surface area contributed by atoms with E-state index in [0.29, 0.717) is 0 Å². The van der Waals surface area contributed by atoms with Crippen molar-refractivity contribution in [1.29, 1.82) is 0 Å². The van der Waals surface area contributed by atoms with E-state index in [1.54, 1.807) is 0 Å². The maximum atomic E-state index is 3.52. The van der Waals surface area contributed by atoms with Crippen LogP contribution in [0.5, 0.6) is 0 Å². The van der Waals surface area contributed by atoms with Gasteiger partial charge in [-0.1, -0.05) is 152 Å². The predicted octanol–water partition coefficient (Wildman–Crippen LogP) is 13.4. The van der Waals surface area contributed by atoms with E-state index >= 15 is 0 Å². The van der Waals surface area contributed by atoms with Gasteiger partial charge in [0.05, 0.1) is 0 Å². The topological polar surface area (TPSA) is 15.8 Å². The fourth-order valence-corrected chi connectivity index (χ4v) is 7.80. The quantitative estimate of drug-likeness (QED) is 0.188. The zero-order valence-electron chi connectivity index (χ0n) is 26.8. The summed E-state index contributed by atoms with van der Waals surface area (Å²) in [4.78, 5) is 3.52. The SMILES string of the molecule is c1ccc2c(c1)cc(-c1ccc(-c3ccc4[nH]cc(-c5ccc(-c6cc7ccccc7c7ccccc67)cc5)c4c3)cc1)c1ccccc12. The van der Waals surface area contributed by atoms with Crippen LogP contribution in [0, 0.1) is 0 Å². The normalized spacial score (nSPS) is 11.7. The van der Waals surface area contributed by atoms with Gasteiger partial charge in [0, 0.05) is 22.7 Å². The maximum absolute atomic E-state index is 3.52. The molecule has 0 aliphatic rings. The third-order valence-electron chi connectivity index (χ3n) is 10.3. The van der Waals surface area contributed by atoms with Crippen molar-refractivity contribution in [2.24, 2.45) is 0 Å². The summed E-state index contributed by atoms with van der Waals surface area (Å²) in [5.41, 5.74) is 11.0. The summed E-state index contributed by atoms with van der Waals surface area (Å²) in [6.45, 7) is 0. The standard InChI is InChI=1S/C48H31N/c1-3-11-38-36(9-1)28-44(42-15-7-5-13-40(38)42)32-19-17-31(18-20-32)35-25-26-48-46(27-35)47(30-49-48)34-23-21-33(22-24-34)45-29-37-10-2-4-12-39(37)41-14-6-8-16-43(41)45/h1-30,49H. The Morgan fingerprint density at radius 2 is 0.673 bits per heavy atom. The average molecular weight is 622 g/mol. The molecule has 0 bridgehead atoms. The molecule has 10 aromatic rings. The van der Waals surface area contributed by atoms with Gasteiger partial charge in [-0.15, -0.1) is 0 Å². The third-order valence-corrected chi connectivity index (χ3v) is 10.3. The second-order valence-electron chi connectivity index (χ2n) is 13.0. The second-order valence-corrected chi connectivity index (χ2v) is 13.0. The number of rotatable bonds is 4. The molecule has 1 aromatic heterocycles. The molecule has 0 saturated carbocycles. The highest BCUT2D eigenvalue weighted by Gasteiger charge is 2.13. The molecule has 0 aliphatic heterocycles. The summed E-state index contributed by atoms with van der Waals surface area (Å²) in [7, 11) is 0. The highest BCUT2D eigenvalue weighted by molar-refractivity contribution is 6.15. The van der Waals surface area contributed by atoms with E-state index in [0.717, 1.165) is 5.52 Å². The van der Waals surface area contributed by atoms with Crippen LogP contribution >= 0.6 is 0 Å². The third kappa shape index (κ3) is 4.55. The molecule has 1 heteroatoms. The van der Waals surface area contributed by atoms with Crippen LogP contribution in [0.2, 0.25) is 0 Å². The van der Waals surface area contributed by atoms with Crippen LogP contribution < -0.4 is 0 Å². The zero-order chi connectivity index (χ0) is 32.3. The van der Waals surface area contributed by atoms with E-state index < -0.39 is 0 Å². The Balaban J connectivity index is 1.01. The van der Waals surface area contributed by atoms with Crippen LogP contribution in [0.15, 0.2) is 182 Å². The number of aromatic amines is 1. The average Bonchev–Trinajstić information content (AvgIpc) is 3.61. The van der Waals surface area contributed by atoms with Crippen LogP contribution in [0.4, 0.5) is 0 Å². The van der Waals surface area contributed by atoms with Crippen molar-refractivity contribution in [2.45, 2.75) is 0 Å². The van der Waals surface area contributed by atoms with Crippen molar-refractivity contribution in [3.63, 3.8) is 0 Å². The molecule has 0 unspecified atom stereocenters. The Bertz CT molecular complexity index is 2850. The fraction of sp³-hybridized carbons (Fsp3) is 0. The predicted molar refractivity (Wildman–Crippen MR) is 210 cm³/mol. The van der Waals surface area contributed by atoms with Crippen LogP contribution in [0.1, 0.15) is 0 Å². The Morgan fingerprint density at radius 1 is 0.265 bits per heavy atom. The van der Waals surface area contributed by atoms with Crippen LogP contribution in [-0.4, -0.2) is 4.98 Å². The number of hydrogen-bond acceptors (Lipinski definition) is 0. The Hall–Kier alpha value is -6.44. The monoisotopic (exact) mass is 621 g/mol. The van der Waals surface area contributed by atoms with Crippen molar-refractivity contribution >= 4 is 54.0 Å². The van der Waals surface area contributed by atoms with E-state index in [1.807, 2.05) is 0 Å². The van der Waals surface area contributed by atoms with E-state index in [9.17, 15) is 0 Å². The van der Waals surface area contributed by atoms with Crippen molar-refractivity contribution in [3.8, 4) is 44.5 Å². The summed E-state index contributed by atoms with van der Waals surface area (Å²) < 4.78 is 0. The van der Waals surface area contributed by atoms with Crippen LogP contribution in [0.3, 0.4) is 0 Å². The molecule has 1 N–H and O–H groups in total. The van der Waals surface area contributed by atoms with Gasteiger partial charge in [-0.05, 0) is 106 Å². The molecular formula is C48H31N. The number of hydrogen-bond donors (Lipinski definition) is 1. The summed E-state index contributed by atoms with van der Waals surface area (Å²) in [5, 5.41) is 11.5. The van der Waals surface area contributed by atoms with Gasteiger partial charge in [-0.25, -0.2) is 0 Å². The number of benzene rings is 9. The first-order valence-corrected chi connectivity index (χ1v) is 16.9. The molecule has 49 heavy (non-hydrogen) atoms.